The molecule has 1 N–H and O–H groups in total. The van der Waals surface area contributed by atoms with Gasteiger partial charge < -0.3 is 15.1 Å². The Morgan fingerprint density at radius 2 is 1.94 bits per heavy atom. The van der Waals surface area contributed by atoms with Gasteiger partial charge in [0.05, 0.1) is 0 Å². The summed E-state index contributed by atoms with van der Waals surface area (Å²) in [6.07, 6.45) is 2.99. The molecule has 2 heterocycles. The number of hydrogen-bond donors (Lipinski definition) is 1. The van der Waals surface area contributed by atoms with Crippen molar-refractivity contribution in [2.75, 3.05) is 33.2 Å². The topological polar surface area (TPSA) is 35.6 Å². The molecule has 1 amide bonds. The van der Waals surface area contributed by atoms with Crippen LogP contribution in [0.4, 0.5) is 0 Å². The highest BCUT2D eigenvalue weighted by Crippen LogP contribution is 2.19. The predicted molar refractivity (Wildman–Crippen MR) is 73.5 cm³/mol. The Labute approximate surface area is 111 Å². The van der Waals surface area contributed by atoms with Crippen LogP contribution in [-0.2, 0) is 4.79 Å². The summed E-state index contributed by atoms with van der Waals surface area (Å²) in [6.45, 7) is 8.80. The molecule has 0 aromatic rings. The van der Waals surface area contributed by atoms with E-state index >= 15 is 0 Å². The van der Waals surface area contributed by atoms with Gasteiger partial charge in [0.15, 0.2) is 0 Å². The first-order valence-corrected chi connectivity index (χ1v) is 7.28. The van der Waals surface area contributed by atoms with Crippen molar-refractivity contribution in [3.8, 4) is 0 Å². The van der Waals surface area contributed by atoms with Crippen LogP contribution in [-0.4, -0.2) is 61.0 Å². The molecule has 2 rings (SSSR count). The minimum Gasteiger partial charge on any atom is -0.343 e. The minimum atomic E-state index is 0.337. The van der Waals surface area contributed by atoms with Gasteiger partial charge in [-0.05, 0) is 45.7 Å². The molecule has 0 atom stereocenters. The number of nitrogens with one attached hydrogen (secondary N) is 1. The lowest BCUT2D eigenvalue weighted by Crippen LogP contribution is -2.49. The second kappa shape index (κ2) is 6.02. The average Bonchev–Trinajstić information content (AvgIpc) is 2.32. The highest BCUT2D eigenvalue weighted by molar-refractivity contribution is 5.76. The smallest absolute Gasteiger partial charge is 0.222 e. The molecule has 0 aliphatic carbocycles. The molecule has 0 saturated carbocycles. The molecule has 2 aliphatic rings. The Morgan fingerprint density at radius 3 is 2.39 bits per heavy atom. The third-order valence-corrected chi connectivity index (χ3v) is 4.50. The molecule has 18 heavy (non-hydrogen) atoms. The number of carbonyl (C=O) groups excluding carboxylic acids is 1. The van der Waals surface area contributed by atoms with Crippen LogP contribution in [0.15, 0.2) is 0 Å². The molecule has 0 spiro atoms. The van der Waals surface area contributed by atoms with Gasteiger partial charge >= 0.3 is 0 Å². The number of amides is 1. The molecule has 2 saturated heterocycles. The van der Waals surface area contributed by atoms with E-state index in [1.54, 1.807) is 0 Å². The molecule has 0 bridgehead atoms. The molecule has 2 aliphatic heterocycles. The van der Waals surface area contributed by atoms with Crippen molar-refractivity contribution in [2.24, 2.45) is 5.92 Å². The lowest BCUT2D eigenvalue weighted by Gasteiger charge is -2.39. The summed E-state index contributed by atoms with van der Waals surface area (Å²) in [7, 11) is 1.99. The maximum atomic E-state index is 12.1. The van der Waals surface area contributed by atoms with Gasteiger partial charge in [0.25, 0.3) is 0 Å². The molecule has 0 radical (unpaired) electrons. The first-order chi connectivity index (χ1) is 8.58. The zero-order chi connectivity index (χ0) is 13.1. The van der Waals surface area contributed by atoms with Crippen LogP contribution in [0, 0.1) is 5.92 Å². The maximum absolute atomic E-state index is 12.1. The van der Waals surface area contributed by atoms with Gasteiger partial charge in [0, 0.05) is 38.6 Å². The van der Waals surface area contributed by atoms with Crippen molar-refractivity contribution in [3.63, 3.8) is 0 Å². The number of hydrogen-bond acceptors (Lipinski definition) is 3. The number of piperidine rings is 1. The second-order valence-corrected chi connectivity index (χ2v) is 6.09. The van der Waals surface area contributed by atoms with Crippen LogP contribution in [0.2, 0.25) is 0 Å². The van der Waals surface area contributed by atoms with Crippen molar-refractivity contribution >= 4 is 5.91 Å². The number of nitrogens with zero attached hydrogens (tertiary/aromatic N) is 2. The van der Waals surface area contributed by atoms with Crippen molar-refractivity contribution < 1.29 is 4.79 Å². The van der Waals surface area contributed by atoms with E-state index in [1.165, 1.54) is 0 Å². The van der Waals surface area contributed by atoms with E-state index in [4.69, 9.17) is 0 Å². The molecule has 4 nitrogen and oxygen atoms in total. The van der Waals surface area contributed by atoms with E-state index in [-0.39, 0.29) is 0 Å². The minimum absolute atomic E-state index is 0.337. The highest BCUT2D eigenvalue weighted by atomic mass is 16.2. The zero-order valence-electron chi connectivity index (χ0n) is 12.0. The fourth-order valence-electron chi connectivity index (χ4n) is 2.88. The molecule has 0 aromatic carbocycles. The predicted octanol–water partition coefficient (Wildman–Crippen LogP) is 0.927. The molecule has 4 heteroatoms. The van der Waals surface area contributed by atoms with E-state index in [9.17, 15) is 4.79 Å². The lowest BCUT2D eigenvalue weighted by molar-refractivity contribution is -0.134. The summed E-state index contributed by atoms with van der Waals surface area (Å²) in [4.78, 5) is 16.7. The van der Waals surface area contributed by atoms with Gasteiger partial charge in [-0.1, -0.05) is 0 Å². The van der Waals surface area contributed by atoms with Crippen molar-refractivity contribution in [2.45, 2.75) is 45.2 Å². The zero-order valence-corrected chi connectivity index (χ0v) is 12.0. The van der Waals surface area contributed by atoms with E-state index in [1.807, 2.05) is 11.9 Å². The fourth-order valence-corrected chi connectivity index (χ4v) is 2.88. The van der Waals surface area contributed by atoms with Crippen molar-refractivity contribution in [1.29, 1.82) is 0 Å². The number of likely N-dealkylation sites (tertiary alicyclic amines) is 1. The maximum Gasteiger partial charge on any atom is 0.222 e. The third kappa shape index (κ3) is 3.23. The van der Waals surface area contributed by atoms with Crippen LogP contribution >= 0.6 is 0 Å². The summed E-state index contributed by atoms with van der Waals surface area (Å²) in [5.74, 6) is 0.917. The summed E-state index contributed by atoms with van der Waals surface area (Å²) in [6, 6.07) is 1.09. The molecule has 2 fully saturated rings. The standard InChI is InChI=1S/C14H27N3O/c1-11(2)17-6-4-13(5-7-17)16(3)14(18)8-12-9-15-10-12/h11-13,15H,4-10H2,1-3H3. The monoisotopic (exact) mass is 253 g/mol. The first kappa shape index (κ1) is 13.8. The lowest BCUT2D eigenvalue weighted by atomic mass is 9.97. The molecular formula is C14H27N3O. The summed E-state index contributed by atoms with van der Waals surface area (Å²) in [5.41, 5.74) is 0. The number of carbonyl (C=O) groups is 1. The Kier molecular flexibility index (Phi) is 4.62. The summed E-state index contributed by atoms with van der Waals surface area (Å²) in [5, 5.41) is 3.23. The summed E-state index contributed by atoms with van der Waals surface area (Å²) >= 11 is 0. The van der Waals surface area contributed by atoms with E-state index in [0.29, 0.717) is 23.9 Å². The van der Waals surface area contributed by atoms with Gasteiger partial charge in [0.2, 0.25) is 5.91 Å². The third-order valence-electron chi connectivity index (χ3n) is 4.50. The summed E-state index contributed by atoms with van der Waals surface area (Å²) < 4.78 is 0. The SMILES string of the molecule is CC(C)N1CCC(N(C)C(=O)CC2CNC2)CC1. The van der Waals surface area contributed by atoms with Crippen LogP contribution < -0.4 is 5.32 Å². The van der Waals surface area contributed by atoms with Crippen molar-refractivity contribution in [1.82, 2.24) is 15.1 Å². The van der Waals surface area contributed by atoms with Gasteiger partial charge in [-0.3, -0.25) is 4.79 Å². The normalized spacial score (nSPS) is 23.1. The Bertz CT molecular complexity index is 281. The highest BCUT2D eigenvalue weighted by Gasteiger charge is 2.28. The Morgan fingerprint density at radius 1 is 1.33 bits per heavy atom. The van der Waals surface area contributed by atoms with Gasteiger partial charge in [-0.25, -0.2) is 0 Å². The van der Waals surface area contributed by atoms with E-state index in [0.717, 1.165) is 45.4 Å². The van der Waals surface area contributed by atoms with E-state index in [2.05, 4.69) is 24.1 Å². The van der Waals surface area contributed by atoms with Gasteiger partial charge in [-0.15, -0.1) is 0 Å². The Hall–Kier alpha value is -0.610. The van der Waals surface area contributed by atoms with Crippen LogP contribution in [0.5, 0.6) is 0 Å². The van der Waals surface area contributed by atoms with Gasteiger partial charge in [0.1, 0.15) is 0 Å². The molecular weight excluding hydrogens is 226 g/mol. The first-order valence-electron chi connectivity index (χ1n) is 7.28. The molecule has 0 unspecified atom stereocenters. The van der Waals surface area contributed by atoms with Crippen molar-refractivity contribution in [3.05, 3.63) is 0 Å². The second-order valence-electron chi connectivity index (χ2n) is 6.09. The van der Waals surface area contributed by atoms with E-state index < -0.39 is 0 Å². The fraction of sp³-hybridized carbons (Fsp3) is 0.929. The molecule has 0 aromatic heterocycles. The van der Waals surface area contributed by atoms with Gasteiger partial charge in [-0.2, -0.15) is 0 Å². The van der Waals surface area contributed by atoms with Crippen LogP contribution in [0.3, 0.4) is 0 Å². The quantitative estimate of drug-likeness (QED) is 0.809. The van der Waals surface area contributed by atoms with Crippen LogP contribution in [0.25, 0.3) is 0 Å². The average molecular weight is 253 g/mol. The molecule has 104 valence electrons. The Balaban J connectivity index is 1.75. The largest absolute Gasteiger partial charge is 0.343 e. The van der Waals surface area contributed by atoms with Crippen LogP contribution in [0.1, 0.15) is 33.1 Å². The number of rotatable bonds is 4.